The zero-order valence-electron chi connectivity index (χ0n) is 8.97. The van der Waals surface area contributed by atoms with Gasteiger partial charge in [0.2, 0.25) is 0 Å². The Morgan fingerprint density at radius 2 is 1.92 bits per heavy atom. The fourth-order valence-electron chi connectivity index (χ4n) is 1.91. The Balaban J connectivity index is 1.94. The lowest BCUT2D eigenvalue weighted by molar-refractivity contribution is 0.0709. The van der Waals surface area contributed by atoms with E-state index in [2.05, 4.69) is 5.32 Å². The summed E-state index contributed by atoms with van der Waals surface area (Å²) < 4.78 is 0. The average Bonchev–Trinajstić information content (AvgIpc) is 2.48. The van der Waals surface area contributed by atoms with E-state index in [1.165, 1.54) is 25.7 Å². The third-order valence-corrected chi connectivity index (χ3v) is 2.82. The van der Waals surface area contributed by atoms with Crippen molar-refractivity contribution >= 4 is 0 Å². The molecule has 0 spiro atoms. The molecular weight excluding hydrogens is 162 g/mol. The monoisotopic (exact) mass is 185 g/mol. The molecule has 1 aliphatic carbocycles. The Morgan fingerprint density at radius 3 is 2.46 bits per heavy atom. The topological polar surface area (TPSA) is 32.3 Å². The van der Waals surface area contributed by atoms with Gasteiger partial charge in [-0.2, -0.15) is 0 Å². The van der Waals surface area contributed by atoms with Crippen LogP contribution in [0.1, 0.15) is 46.0 Å². The first-order chi connectivity index (χ1) is 6.08. The standard InChI is InChI=1S/C11H23NO/c1-11(2,13)7-8-12-9-10-5-3-4-6-10/h10,12-13H,3-9H2,1-2H3. The van der Waals surface area contributed by atoms with Gasteiger partial charge in [-0.3, -0.25) is 0 Å². The number of rotatable bonds is 5. The predicted octanol–water partition coefficient (Wildman–Crippen LogP) is 1.93. The van der Waals surface area contributed by atoms with Crippen LogP contribution in [-0.2, 0) is 0 Å². The molecule has 1 aliphatic rings. The van der Waals surface area contributed by atoms with Crippen LogP contribution in [0.2, 0.25) is 0 Å². The lowest BCUT2D eigenvalue weighted by atomic mass is 10.1. The quantitative estimate of drug-likeness (QED) is 0.641. The average molecular weight is 185 g/mol. The Bertz CT molecular complexity index is 134. The highest BCUT2D eigenvalue weighted by Crippen LogP contribution is 2.23. The van der Waals surface area contributed by atoms with Crippen molar-refractivity contribution in [3.8, 4) is 0 Å². The summed E-state index contributed by atoms with van der Waals surface area (Å²) in [7, 11) is 0. The summed E-state index contributed by atoms with van der Waals surface area (Å²) in [5.74, 6) is 0.904. The number of nitrogens with one attached hydrogen (secondary N) is 1. The van der Waals surface area contributed by atoms with E-state index in [1.54, 1.807) is 0 Å². The Morgan fingerprint density at radius 1 is 1.31 bits per heavy atom. The SMILES string of the molecule is CC(C)(O)CCNCC1CCCC1. The summed E-state index contributed by atoms with van der Waals surface area (Å²) in [6.07, 6.45) is 6.47. The molecule has 1 saturated carbocycles. The van der Waals surface area contributed by atoms with Gasteiger partial charge in [-0.05, 0) is 52.1 Å². The molecule has 0 unspecified atom stereocenters. The summed E-state index contributed by atoms with van der Waals surface area (Å²) in [6.45, 7) is 5.82. The molecule has 0 radical (unpaired) electrons. The van der Waals surface area contributed by atoms with E-state index in [9.17, 15) is 5.11 Å². The van der Waals surface area contributed by atoms with E-state index >= 15 is 0 Å². The highest BCUT2D eigenvalue weighted by molar-refractivity contribution is 4.71. The zero-order valence-corrected chi connectivity index (χ0v) is 8.97. The van der Waals surface area contributed by atoms with Gasteiger partial charge in [0, 0.05) is 0 Å². The van der Waals surface area contributed by atoms with Crippen molar-refractivity contribution in [2.45, 2.75) is 51.6 Å². The van der Waals surface area contributed by atoms with E-state index in [4.69, 9.17) is 0 Å². The van der Waals surface area contributed by atoms with Crippen LogP contribution in [0.3, 0.4) is 0 Å². The van der Waals surface area contributed by atoms with E-state index in [0.29, 0.717) is 0 Å². The molecule has 2 N–H and O–H groups in total. The second kappa shape index (κ2) is 4.97. The summed E-state index contributed by atoms with van der Waals surface area (Å²) >= 11 is 0. The molecule has 0 aromatic carbocycles. The van der Waals surface area contributed by atoms with Crippen LogP contribution in [-0.4, -0.2) is 23.8 Å². The minimum atomic E-state index is -0.511. The highest BCUT2D eigenvalue weighted by atomic mass is 16.3. The molecule has 1 rings (SSSR count). The van der Waals surface area contributed by atoms with Crippen molar-refractivity contribution in [3.05, 3.63) is 0 Å². The van der Waals surface area contributed by atoms with Crippen molar-refractivity contribution in [2.75, 3.05) is 13.1 Å². The Kier molecular flexibility index (Phi) is 4.20. The van der Waals surface area contributed by atoms with Gasteiger partial charge in [-0.1, -0.05) is 12.8 Å². The maximum atomic E-state index is 9.47. The fourth-order valence-corrected chi connectivity index (χ4v) is 1.91. The second-order valence-electron chi connectivity index (χ2n) is 4.92. The number of hydrogen-bond acceptors (Lipinski definition) is 2. The van der Waals surface area contributed by atoms with Crippen molar-refractivity contribution in [2.24, 2.45) is 5.92 Å². The molecule has 0 aromatic rings. The molecule has 0 aromatic heterocycles. The summed E-state index contributed by atoms with van der Waals surface area (Å²) in [4.78, 5) is 0. The first-order valence-corrected chi connectivity index (χ1v) is 5.51. The molecule has 0 aliphatic heterocycles. The van der Waals surface area contributed by atoms with Crippen LogP contribution in [0, 0.1) is 5.92 Å². The predicted molar refractivity (Wildman–Crippen MR) is 55.7 cm³/mol. The molecule has 78 valence electrons. The highest BCUT2D eigenvalue weighted by Gasteiger charge is 2.15. The molecule has 0 amide bonds. The van der Waals surface area contributed by atoms with Gasteiger partial charge in [0.1, 0.15) is 0 Å². The van der Waals surface area contributed by atoms with Crippen LogP contribution in [0.15, 0.2) is 0 Å². The van der Waals surface area contributed by atoms with Crippen LogP contribution in [0.25, 0.3) is 0 Å². The van der Waals surface area contributed by atoms with Crippen LogP contribution < -0.4 is 5.32 Å². The third kappa shape index (κ3) is 5.27. The first-order valence-electron chi connectivity index (χ1n) is 5.51. The molecule has 13 heavy (non-hydrogen) atoms. The minimum absolute atomic E-state index is 0.511. The lowest BCUT2D eigenvalue weighted by Crippen LogP contribution is -2.29. The zero-order chi connectivity index (χ0) is 9.73. The van der Waals surface area contributed by atoms with Gasteiger partial charge >= 0.3 is 0 Å². The molecule has 2 nitrogen and oxygen atoms in total. The van der Waals surface area contributed by atoms with Gasteiger partial charge in [0.15, 0.2) is 0 Å². The van der Waals surface area contributed by atoms with E-state index in [-0.39, 0.29) is 0 Å². The van der Waals surface area contributed by atoms with Crippen molar-refractivity contribution in [3.63, 3.8) is 0 Å². The third-order valence-electron chi connectivity index (χ3n) is 2.82. The van der Waals surface area contributed by atoms with Crippen LogP contribution in [0.5, 0.6) is 0 Å². The van der Waals surface area contributed by atoms with E-state index in [0.717, 1.165) is 25.4 Å². The van der Waals surface area contributed by atoms with Gasteiger partial charge < -0.3 is 10.4 Å². The smallest absolute Gasteiger partial charge is 0.0603 e. The van der Waals surface area contributed by atoms with Crippen LogP contribution in [0.4, 0.5) is 0 Å². The van der Waals surface area contributed by atoms with Crippen molar-refractivity contribution in [1.82, 2.24) is 5.32 Å². The molecule has 1 fully saturated rings. The van der Waals surface area contributed by atoms with Gasteiger partial charge in [0.25, 0.3) is 0 Å². The van der Waals surface area contributed by atoms with Crippen molar-refractivity contribution < 1.29 is 5.11 Å². The molecule has 0 atom stereocenters. The van der Waals surface area contributed by atoms with Crippen LogP contribution >= 0.6 is 0 Å². The summed E-state index contributed by atoms with van der Waals surface area (Å²) in [5.41, 5.74) is -0.511. The maximum Gasteiger partial charge on any atom is 0.0603 e. The van der Waals surface area contributed by atoms with E-state index in [1.807, 2.05) is 13.8 Å². The summed E-state index contributed by atoms with van der Waals surface area (Å²) in [5, 5.41) is 12.9. The fraction of sp³-hybridized carbons (Fsp3) is 1.00. The van der Waals surface area contributed by atoms with Crippen molar-refractivity contribution in [1.29, 1.82) is 0 Å². The van der Waals surface area contributed by atoms with Gasteiger partial charge in [-0.25, -0.2) is 0 Å². The molecule has 0 heterocycles. The maximum absolute atomic E-state index is 9.47. The second-order valence-corrected chi connectivity index (χ2v) is 4.92. The molecule has 0 bridgehead atoms. The molecule has 0 saturated heterocycles. The molecular formula is C11H23NO. The normalized spacial score (nSPS) is 19.6. The lowest BCUT2D eigenvalue weighted by Gasteiger charge is -2.18. The summed E-state index contributed by atoms with van der Waals surface area (Å²) in [6, 6.07) is 0. The van der Waals surface area contributed by atoms with Gasteiger partial charge in [0.05, 0.1) is 5.60 Å². The molecule has 2 heteroatoms. The Hall–Kier alpha value is -0.0800. The largest absolute Gasteiger partial charge is 0.390 e. The van der Waals surface area contributed by atoms with Gasteiger partial charge in [-0.15, -0.1) is 0 Å². The minimum Gasteiger partial charge on any atom is -0.390 e. The first kappa shape index (κ1) is 11.0. The number of aliphatic hydroxyl groups is 1. The van der Waals surface area contributed by atoms with E-state index < -0.39 is 5.60 Å². The number of hydrogen-bond donors (Lipinski definition) is 2. The Labute approximate surface area is 81.7 Å².